The van der Waals surface area contributed by atoms with Gasteiger partial charge in [0.25, 0.3) is 0 Å². The van der Waals surface area contributed by atoms with Crippen LogP contribution in [-0.4, -0.2) is 34.2 Å². The monoisotopic (exact) mass is 299 g/mol. The molecule has 3 rings (SSSR count). The van der Waals surface area contributed by atoms with Gasteiger partial charge in [0.1, 0.15) is 5.52 Å². The largest absolute Gasteiger partial charge is 0.435 e. The molecule has 1 aliphatic rings. The van der Waals surface area contributed by atoms with Crippen molar-refractivity contribution in [3.8, 4) is 0 Å². The van der Waals surface area contributed by atoms with Gasteiger partial charge in [-0.1, -0.05) is 0 Å². The maximum atomic E-state index is 12.7. The number of nitrogens with one attached hydrogen (secondary N) is 2. The molecule has 114 valence electrons. The fourth-order valence-corrected chi connectivity index (χ4v) is 2.55. The van der Waals surface area contributed by atoms with Gasteiger partial charge in [-0.05, 0) is 31.8 Å². The van der Waals surface area contributed by atoms with Crippen molar-refractivity contribution in [1.82, 2.24) is 19.9 Å². The third-order valence-electron chi connectivity index (χ3n) is 3.69. The van der Waals surface area contributed by atoms with Crippen LogP contribution in [0.25, 0.3) is 5.52 Å². The van der Waals surface area contributed by atoms with E-state index < -0.39 is 11.9 Å². The Kier molecular flexibility index (Phi) is 3.71. The van der Waals surface area contributed by atoms with E-state index in [0.717, 1.165) is 32.0 Å². The molecule has 0 amide bonds. The van der Waals surface area contributed by atoms with E-state index in [-0.39, 0.29) is 0 Å². The molecule has 0 saturated carbocycles. The molecule has 1 unspecified atom stereocenters. The molecule has 1 aliphatic heterocycles. The van der Waals surface area contributed by atoms with Crippen molar-refractivity contribution in [2.24, 2.45) is 5.92 Å². The number of alkyl halides is 3. The second kappa shape index (κ2) is 5.51. The van der Waals surface area contributed by atoms with Gasteiger partial charge in [0, 0.05) is 25.0 Å². The number of nitrogens with zero attached hydrogens (tertiary/aromatic N) is 3. The maximum absolute atomic E-state index is 12.7. The molecule has 0 aliphatic carbocycles. The molecule has 0 radical (unpaired) electrons. The summed E-state index contributed by atoms with van der Waals surface area (Å²) in [6.07, 6.45) is 0.523. The number of anilines is 1. The fourth-order valence-electron chi connectivity index (χ4n) is 2.55. The van der Waals surface area contributed by atoms with Crippen LogP contribution in [0.4, 0.5) is 19.0 Å². The number of hydrogen-bond donors (Lipinski definition) is 2. The van der Waals surface area contributed by atoms with Crippen LogP contribution < -0.4 is 10.6 Å². The third kappa shape index (κ3) is 3.10. The maximum Gasteiger partial charge on any atom is 0.435 e. The van der Waals surface area contributed by atoms with E-state index in [1.165, 1.54) is 16.9 Å². The van der Waals surface area contributed by atoms with Crippen molar-refractivity contribution >= 4 is 11.3 Å². The molecular weight excluding hydrogens is 283 g/mol. The van der Waals surface area contributed by atoms with Crippen molar-refractivity contribution in [3.63, 3.8) is 0 Å². The summed E-state index contributed by atoms with van der Waals surface area (Å²) < 4.78 is 39.3. The molecule has 0 spiro atoms. The smallest absolute Gasteiger partial charge is 0.368 e. The van der Waals surface area contributed by atoms with Crippen LogP contribution in [0.5, 0.6) is 0 Å². The van der Waals surface area contributed by atoms with Gasteiger partial charge in [0.2, 0.25) is 0 Å². The predicted octanol–water partition coefficient (Wildman–Crippen LogP) is 2.16. The lowest BCUT2D eigenvalue weighted by molar-refractivity contribution is -0.141. The summed E-state index contributed by atoms with van der Waals surface area (Å²) in [7, 11) is 0. The Morgan fingerprint density at radius 2 is 2.29 bits per heavy atom. The van der Waals surface area contributed by atoms with Crippen LogP contribution in [0.3, 0.4) is 0 Å². The summed E-state index contributed by atoms with van der Waals surface area (Å²) in [6, 6.07) is 1.02. The minimum atomic E-state index is -4.45. The molecule has 2 aromatic heterocycles. The molecular formula is C13H16F3N5. The Morgan fingerprint density at radius 3 is 3.00 bits per heavy atom. The van der Waals surface area contributed by atoms with E-state index in [9.17, 15) is 13.2 Å². The first-order valence-corrected chi connectivity index (χ1v) is 6.90. The number of aromatic nitrogens is 3. The first kappa shape index (κ1) is 14.1. The standard InChI is InChI=1S/C13H16F3N5/c14-13(15,16)11-7-10-12(19-5-6-21(10)20-11)18-4-2-9-1-3-17-8-9/h5-7,9,17H,1-4,8H2,(H,18,19). The van der Waals surface area contributed by atoms with Crippen LogP contribution >= 0.6 is 0 Å². The van der Waals surface area contributed by atoms with E-state index >= 15 is 0 Å². The predicted molar refractivity (Wildman–Crippen MR) is 72.1 cm³/mol. The summed E-state index contributed by atoms with van der Waals surface area (Å²) in [5.74, 6) is 1.05. The van der Waals surface area contributed by atoms with Crippen LogP contribution in [0.1, 0.15) is 18.5 Å². The molecule has 1 saturated heterocycles. The summed E-state index contributed by atoms with van der Waals surface area (Å²) in [5, 5.41) is 9.93. The van der Waals surface area contributed by atoms with Gasteiger partial charge in [-0.25, -0.2) is 9.50 Å². The first-order valence-electron chi connectivity index (χ1n) is 6.90. The minimum Gasteiger partial charge on any atom is -0.368 e. The van der Waals surface area contributed by atoms with E-state index in [4.69, 9.17) is 0 Å². The molecule has 1 fully saturated rings. The van der Waals surface area contributed by atoms with Crippen LogP contribution in [0.15, 0.2) is 18.5 Å². The average molecular weight is 299 g/mol. The highest BCUT2D eigenvalue weighted by Crippen LogP contribution is 2.30. The van der Waals surface area contributed by atoms with Crippen molar-refractivity contribution in [1.29, 1.82) is 0 Å². The second-order valence-electron chi connectivity index (χ2n) is 5.21. The lowest BCUT2D eigenvalue weighted by Gasteiger charge is -2.10. The van der Waals surface area contributed by atoms with E-state index in [1.807, 2.05) is 0 Å². The second-order valence-corrected chi connectivity index (χ2v) is 5.21. The van der Waals surface area contributed by atoms with Crippen molar-refractivity contribution in [3.05, 3.63) is 24.2 Å². The first-order chi connectivity index (χ1) is 10.0. The number of hydrogen-bond acceptors (Lipinski definition) is 4. The number of rotatable bonds is 4. The van der Waals surface area contributed by atoms with Crippen LogP contribution in [0, 0.1) is 5.92 Å². The van der Waals surface area contributed by atoms with Gasteiger partial charge in [-0.3, -0.25) is 0 Å². The van der Waals surface area contributed by atoms with Crippen molar-refractivity contribution in [2.75, 3.05) is 25.0 Å². The Balaban J connectivity index is 1.73. The molecule has 8 heteroatoms. The van der Waals surface area contributed by atoms with Gasteiger partial charge in [0.05, 0.1) is 0 Å². The normalized spacial score (nSPS) is 19.3. The van der Waals surface area contributed by atoms with E-state index in [0.29, 0.717) is 23.8 Å². The van der Waals surface area contributed by atoms with Gasteiger partial charge < -0.3 is 10.6 Å². The summed E-state index contributed by atoms with van der Waals surface area (Å²) in [6.45, 7) is 2.73. The summed E-state index contributed by atoms with van der Waals surface area (Å²) in [4.78, 5) is 4.11. The Bertz CT molecular complexity index is 616. The van der Waals surface area contributed by atoms with Crippen LogP contribution in [-0.2, 0) is 6.18 Å². The van der Waals surface area contributed by atoms with Crippen molar-refractivity contribution < 1.29 is 13.2 Å². The summed E-state index contributed by atoms with van der Waals surface area (Å²) >= 11 is 0. The van der Waals surface area contributed by atoms with Crippen molar-refractivity contribution in [2.45, 2.75) is 19.0 Å². The molecule has 1 atom stereocenters. The molecule has 0 aromatic carbocycles. The van der Waals surface area contributed by atoms with Crippen LogP contribution in [0.2, 0.25) is 0 Å². The lowest BCUT2D eigenvalue weighted by atomic mass is 10.1. The van der Waals surface area contributed by atoms with Gasteiger partial charge in [-0.15, -0.1) is 0 Å². The van der Waals surface area contributed by atoms with E-state index in [1.54, 1.807) is 0 Å². The van der Waals surface area contributed by atoms with Gasteiger partial charge >= 0.3 is 6.18 Å². The highest BCUT2D eigenvalue weighted by Gasteiger charge is 2.34. The molecule has 5 nitrogen and oxygen atoms in total. The van der Waals surface area contributed by atoms with E-state index in [2.05, 4.69) is 20.7 Å². The number of fused-ring (bicyclic) bond motifs is 1. The topological polar surface area (TPSA) is 54.2 Å². The highest BCUT2D eigenvalue weighted by atomic mass is 19.4. The Labute approximate surface area is 119 Å². The molecule has 3 heterocycles. The number of halogens is 3. The van der Waals surface area contributed by atoms with Gasteiger partial charge in [-0.2, -0.15) is 18.3 Å². The van der Waals surface area contributed by atoms with Gasteiger partial charge in [0.15, 0.2) is 11.5 Å². The SMILES string of the molecule is FC(F)(F)c1cc2c(NCCC3CCNC3)nccn2n1. The lowest BCUT2D eigenvalue weighted by Crippen LogP contribution is -2.13. The molecule has 2 aromatic rings. The molecule has 2 N–H and O–H groups in total. The third-order valence-corrected chi connectivity index (χ3v) is 3.69. The Hall–Kier alpha value is -1.83. The fraction of sp³-hybridized carbons (Fsp3) is 0.538. The average Bonchev–Trinajstić information content (AvgIpc) is 3.06. The molecule has 0 bridgehead atoms. The molecule has 21 heavy (non-hydrogen) atoms. The Morgan fingerprint density at radius 1 is 1.43 bits per heavy atom. The zero-order valence-corrected chi connectivity index (χ0v) is 11.3. The quantitative estimate of drug-likeness (QED) is 0.908. The minimum absolute atomic E-state index is 0.342. The summed E-state index contributed by atoms with van der Waals surface area (Å²) in [5.41, 5.74) is -0.562. The highest BCUT2D eigenvalue weighted by molar-refractivity contribution is 5.67. The zero-order chi connectivity index (χ0) is 14.9. The zero-order valence-electron chi connectivity index (χ0n) is 11.3.